The van der Waals surface area contributed by atoms with Crippen LogP contribution in [0.2, 0.25) is 0 Å². The van der Waals surface area contributed by atoms with Crippen LogP contribution in [-0.2, 0) is 11.2 Å². The molecule has 2 heterocycles. The second kappa shape index (κ2) is 5.19. The molecule has 6 heteroatoms. The van der Waals surface area contributed by atoms with Crippen LogP contribution in [0.4, 0.5) is 6.01 Å². The first-order valence-corrected chi connectivity index (χ1v) is 7.14. The van der Waals surface area contributed by atoms with E-state index in [0.29, 0.717) is 23.7 Å². The van der Waals surface area contributed by atoms with Crippen molar-refractivity contribution in [3.63, 3.8) is 0 Å². The van der Waals surface area contributed by atoms with Crippen molar-refractivity contribution in [2.75, 3.05) is 18.4 Å². The molecule has 1 aliphatic carbocycles. The van der Waals surface area contributed by atoms with E-state index in [1.807, 2.05) is 11.8 Å². The highest BCUT2D eigenvalue weighted by molar-refractivity contribution is 5.81. The second-order valence-corrected chi connectivity index (χ2v) is 5.40. The molecule has 1 saturated heterocycles. The van der Waals surface area contributed by atoms with Gasteiger partial charge in [0.25, 0.3) is 0 Å². The quantitative estimate of drug-likeness (QED) is 0.891. The first kappa shape index (κ1) is 12.4. The van der Waals surface area contributed by atoms with Crippen molar-refractivity contribution in [2.24, 2.45) is 5.92 Å². The first-order chi connectivity index (χ1) is 9.26. The molecule has 3 rings (SSSR count). The zero-order valence-electron chi connectivity index (χ0n) is 11.3. The summed E-state index contributed by atoms with van der Waals surface area (Å²) in [5.41, 5.74) is 0. The van der Waals surface area contributed by atoms with E-state index < -0.39 is 0 Å². The van der Waals surface area contributed by atoms with Crippen LogP contribution in [0, 0.1) is 5.92 Å². The van der Waals surface area contributed by atoms with Crippen LogP contribution in [-0.4, -0.2) is 40.1 Å². The number of rotatable bonds is 4. The van der Waals surface area contributed by atoms with Crippen LogP contribution in [0.3, 0.4) is 0 Å². The SMILES string of the molecule is CCc1nnc(N[C@H]2CCCN(C(=O)C3CC3)C2)o1. The lowest BCUT2D eigenvalue weighted by Crippen LogP contribution is -2.45. The van der Waals surface area contributed by atoms with Gasteiger partial charge >= 0.3 is 6.01 Å². The van der Waals surface area contributed by atoms with Crippen molar-refractivity contribution in [1.82, 2.24) is 15.1 Å². The van der Waals surface area contributed by atoms with Gasteiger partial charge in [0.05, 0.1) is 0 Å². The molecule has 0 aromatic carbocycles. The van der Waals surface area contributed by atoms with Gasteiger partial charge < -0.3 is 14.6 Å². The van der Waals surface area contributed by atoms with Gasteiger partial charge in [-0.05, 0) is 25.7 Å². The monoisotopic (exact) mass is 264 g/mol. The Morgan fingerprint density at radius 2 is 2.26 bits per heavy atom. The van der Waals surface area contributed by atoms with Crippen molar-refractivity contribution < 1.29 is 9.21 Å². The molecule has 1 aliphatic heterocycles. The number of carbonyl (C=O) groups excluding carboxylic acids is 1. The number of carbonyl (C=O) groups is 1. The Kier molecular flexibility index (Phi) is 3.40. The third-order valence-corrected chi connectivity index (χ3v) is 3.76. The van der Waals surface area contributed by atoms with Gasteiger partial charge in [-0.25, -0.2) is 0 Å². The number of aromatic nitrogens is 2. The summed E-state index contributed by atoms with van der Waals surface area (Å²) in [5.74, 6) is 1.27. The number of nitrogens with zero attached hydrogens (tertiary/aromatic N) is 3. The highest BCUT2D eigenvalue weighted by Crippen LogP contribution is 2.32. The third kappa shape index (κ3) is 2.88. The molecular formula is C13H20N4O2. The van der Waals surface area contributed by atoms with Crippen molar-refractivity contribution in [3.8, 4) is 0 Å². The average molecular weight is 264 g/mol. The normalized spacial score (nSPS) is 23.4. The molecule has 1 amide bonds. The molecule has 2 aliphatic rings. The van der Waals surface area contributed by atoms with E-state index in [4.69, 9.17) is 4.42 Å². The van der Waals surface area contributed by atoms with Crippen molar-refractivity contribution in [3.05, 3.63) is 5.89 Å². The zero-order chi connectivity index (χ0) is 13.2. The second-order valence-electron chi connectivity index (χ2n) is 5.40. The summed E-state index contributed by atoms with van der Waals surface area (Å²) < 4.78 is 5.45. The van der Waals surface area contributed by atoms with Crippen molar-refractivity contribution >= 4 is 11.9 Å². The molecule has 1 saturated carbocycles. The van der Waals surface area contributed by atoms with Gasteiger partial charge in [-0.2, -0.15) is 0 Å². The van der Waals surface area contributed by atoms with Gasteiger partial charge in [0.2, 0.25) is 11.8 Å². The number of hydrogen-bond donors (Lipinski definition) is 1. The van der Waals surface area contributed by atoms with E-state index in [-0.39, 0.29) is 6.04 Å². The summed E-state index contributed by atoms with van der Waals surface area (Å²) in [5, 5.41) is 11.1. The van der Waals surface area contributed by atoms with Gasteiger partial charge in [0, 0.05) is 31.5 Å². The average Bonchev–Trinajstić information content (AvgIpc) is 3.19. The summed E-state index contributed by atoms with van der Waals surface area (Å²) in [4.78, 5) is 14.0. The number of amides is 1. The Morgan fingerprint density at radius 1 is 1.42 bits per heavy atom. The predicted octanol–water partition coefficient (Wildman–Crippen LogP) is 1.44. The number of aryl methyl sites for hydroxylation is 1. The van der Waals surface area contributed by atoms with Gasteiger partial charge in [0.15, 0.2) is 0 Å². The van der Waals surface area contributed by atoms with Crippen molar-refractivity contribution in [2.45, 2.75) is 45.1 Å². The maximum atomic E-state index is 12.1. The standard InChI is InChI=1S/C13H20N4O2/c1-2-11-15-16-13(19-11)14-10-4-3-7-17(8-10)12(18)9-5-6-9/h9-10H,2-8H2,1H3,(H,14,16)/t10-/m0/s1. The summed E-state index contributed by atoms with van der Waals surface area (Å²) in [6.07, 6.45) is 4.95. The largest absolute Gasteiger partial charge is 0.408 e. The summed E-state index contributed by atoms with van der Waals surface area (Å²) in [6, 6.07) is 0.698. The molecule has 2 fully saturated rings. The van der Waals surface area contributed by atoms with Crippen LogP contribution >= 0.6 is 0 Å². The van der Waals surface area contributed by atoms with Gasteiger partial charge in [0.1, 0.15) is 0 Å². The molecule has 19 heavy (non-hydrogen) atoms. The molecule has 0 unspecified atom stereocenters. The molecule has 1 aromatic rings. The van der Waals surface area contributed by atoms with Gasteiger partial charge in [-0.3, -0.25) is 4.79 Å². The van der Waals surface area contributed by atoms with Crippen LogP contribution in [0.5, 0.6) is 0 Å². The Hall–Kier alpha value is -1.59. The maximum absolute atomic E-state index is 12.1. The molecule has 0 radical (unpaired) electrons. The highest BCUT2D eigenvalue weighted by atomic mass is 16.4. The lowest BCUT2D eigenvalue weighted by atomic mass is 10.1. The summed E-state index contributed by atoms with van der Waals surface area (Å²) in [6.45, 7) is 3.62. The number of anilines is 1. The lowest BCUT2D eigenvalue weighted by molar-refractivity contribution is -0.133. The number of likely N-dealkylation sites (tertiary alicyclic amines) is 1. The summed E-state index contributed by atoms with van der Waals surface area (Å²) in [7, 11) is 0. The van der Waals surface area contributed by atoms with Crippen LogP contribution < -0.4 is 5.32 Å². The predicted molar refractivity (Wildman–Crippen MR) is 69.6 cm³/mol. The maximum Gasteiger partial charge on any atom is 0.315 e. The van der Waals surface area contributed by atoms with E-state index in [2.05, 4.69) is 15.5 Å². The molecule has 1 atom stereocenters. The zero-order valence-corrected chi connectivity index (χ0v) is 11.3. The minimum atomic E-state index is 0.224. The topological polar surface area (TPSA) is 71.3 Å². The highest BCUT2D eigenvalue weighted by Gasteiger charge is 2.35. The first-order valence-electron chi connectivity index (χ1n) is 7.14. The fourth-order valence-electron chi connectivity index (χ4n) is 2.51. The number of hydrogen-bond acceptors (Lipinski definition) is 5. The number of nitrogens with one attached hydrogen (secondary N) is 1. The fraction of sp³-hybridized carbons (Fsp3) is 0.769. The number of piperidine rings is 1. The fourth-order valence-corrected chi connectivity index (χ4v) is 2.51. The smallest absolute Gasteiger partial charge is 0.315 e. The van der Waals surface area contributed by atoms with E-state index in [1.165, 1.54) is 0 Å². The summed E-state index contributed by atoms with van der Waals surface area (Å²) >= 11 is 0. The van der Waals surface area contributed by atoms with E-state index in [1.54, 1.807) is 0 Å². The molecule has 104 valence electrons. The molecule has 0 spiro atoms. The van der Waals surface area contributed by atoms with Crippen molar-refractivity contribution in [1.29, 1.82) is 0 Å². The molecule has 6 nitrogen and oxygen atoms in total. The van der Waals surface area contributed by atoms with Gasteiger partial charge in [-0.15, -0.1) is 5.10 Å². The Morgan fingerprint density at radius 3 is 2.95 bits per heavy atom. The Bertz CT molecular complexity index is 455. The molecule has 1 aromatic heterocycles. The third-order valence-electron chi connectivity index (χ3n) is 3.76. The van der Waals surface area contributed by atoms with Crippen LogP contribution in [0.1, 0.15) is 38.5 Å². The minimum absolute atomic E-state index is 0.224. The lowest BCUT2D eigenvalue weighted by Gasteiger charge is -2.32. The minimum Gasteiger partial charge on any atom is -0.408 e. The van der Waals surface area contributed by atoms with E-state index >= 15 is 0 Å². The molecule has 1 N–H and O–H groups in total. The van der Waals surface area contributed by atoms with E-state index in [9.17, 15) is 4.79 Å². The molecule has 0 bridgehead atoms. The van der Waals surface area contributed by atoms with Gasteiger partial charge in [-0.1, -0.05) is 12.0 Å². The van der Waals surface area contributed by atoms with E-state index in [0.717, 1.165) is 45.2 Å². The van der Waals surface area contributed by atoms with Crippen LogP contribution in [0.15, 0.2) is 4.42 Å². The Labute approximate surface area is 112 Å². The van der Waals surface area contributed by atoms with Crippen LogP contribution in [0.25, 0.3) is 0 Å². The molecular weight excluding hydrogens is 244 g/mol. The Balaban J connectivity index is 1.56.